The van der Waals surface area contributed by atoms with Crippen LogP contribution in [0.5, 0.6) is 0 Å². The molecule has 90 valence electrons. The molecule has 1 heterocycles. The Morgan fingerprint density at radius 1 is 1.38 bits per heavy atom. The Kier molecular flexibility index (Phi) is 5.26. The molecule has 1 aliphatic rings. The molecule has 0 aromatic carbocycles. The monoisotopic (exact) mass is 224 g/mol. The normalized spacial score (nSPS) is 17.2. The first kappa shape index (κ1) is 13.0. The zero-order valence-corrected chi connectivity index (χ0v) is 9.87. The second kappa shape index (κ2) is 6.48. The minimum Gasteiger partial charge on any atom is -0.424 e. The maximum Gasteiger partial charge on any atom is 0.342 e. The molecule has 1 aliphatic heterocycles. The first-order valence-corrected chi connectivity index (χ1v) is 5.96. The van der Waals surface area contributed by atoms with Crippen LogP contribution in [-0.4, -0.2) is 17.2 Å². The molecular formula is C13H20O3. The van der Waals surface area contributed by atoms with Gasteiger partial charge in [0.1, 0.15) is 5.76 Å². The van der Waals surface area contributed by atoms with Gasteiger partial charge < -0.3 is 9.84 Å². The van der Waals surface area contributed by atoms with Crippen molar-refractivity contribution in [1.29, 1.82) is 0 Å². The Balaban J connectivity index is 2.25. The van der Waals surface area contributed by atoms with Crippen LogP contribution in [0.25, 0.3) is 0 Å². The molecule has 0 saturated carbocycles. The van der Waals surface area contributed by atoms with Gasteiger partial charge in [0.25, 0.3) is 0 Å². The van der Waals surface area contributed by atoms with Gasteiger partial charge in [0.2, 0.25) is 0 Å². The Morgan fingerprint density at radius 2 is 2.06 bits per heavy atom. The van der Waals surface area contributed by atoms with Gasteiger partial charge in [0.05, 0.1) is 11.7 Å². The smallest absolute Gasteiger partial charge is 0.342 e. The molecule has 3 nitrogen and oxygen atoms in total. The van der Waals surface area contributed by atoms with Crippen LogP contribution in [0.4, 0.5) is 0 Å². The van der Waals surface area contributed by atoms with E-state index in [0.29, 0.717) is 17.8 Å². The summed E-state index contributed by atoms with van der Waals surface area (Å²) in [5.74, 6) is -0.129. The van der Waals surface area contributed by atoms with Crippen molar-refractivity contribution in [2.75, 3.05) is 0 Å². The first-order valence-electron chi connectivity index (χ1n) is 5.96. The molecule has 0 unspecified atom stereocenters. The standard InChI is InChI=1S/C13H20O3/c1-3-4-5-6-7-8-12(14)11-9-10(2)16-13(11)15/h9,12,14H,2-8H2,1H3/t12-/m0/s1. The predicted molar refractivity (Wildman–Crippen MR) is 62.7 cm³/mol. The van der Waals surface area contributed by atoms with Gasteiger partial charge in [-0.1, -0.05) is 45.6 Å². The lowest BCUT2D eigenvalue weighted by molar-refractivity contribution is -0.134. The van der Waals surface area contributed by atoms with E-state index in [0.717, 1.165) is 12.8 Å². The molecule has 0 fully saturated rings. The van der Waals surface area contributed by atoms with Crippen LogP contribution >= 0.6 is 0 Å². The largest absolute Gasteiger partial charge is 0.424 e. The van der Waals surface area contributed by atoms with E-state index < -0.39 is 12.1 Å². The van der Waals surface area contributed by atoms with Crippen molar-refractivity contribution in [3.8, 4) is 0 Å². The summed E-state index contributed by atoms with van der Waals surface area (Å²) in [5.41, 5.74) is 0.348. The van der Waals surface area contributed by atoms with Crippen LogP contribution < -0.4 is 0 Å². The fraction of sp³-hybridized carbons (Fsp3) is 0.615. The lowest BCUT2D eigenvalue weighted by Crippen LogP contribution is -2.15. The van der Waals surface area contributed by atoms with Crippen molar-refractivity contribution in [1.82, 2.24) is 0 Å². The Bertz CT molecular complexity index is 292. The average Bonchev–Trinajstić information content (AvgIpc) is 2.57. The third-order valence-electron chi connectivity index (χ3n) is 2.72. The number of carbonyl (C=O) groups excluding carboxylic acids is 1. The van der Waals surface area contributed by atoms with Crippen LogP contribution in [-0.2, 0) is 9.53 Å². The van der Waals surface area contributed by atoms with E-state index in [1.54, 1.807) is 0 Å². The zero-order chi connectivity index (χ0) is 12.0. The summed E-state index contributed by atoms with van der Waals surface area (Å²) in [6, 6.07) is 0. The van der Waals surface area contributed by atoms with E-state index >= 15 is 0 Å². The number of ether oxygens (including phenoxy) is 1. The molecule has 0 bridgehead atoms. The van der Waals surface area contributed by atoms with E-state index in [1.165, 1.54) is 25.3 Å². The van der Waals surface area contributed by atoms with Gasteiger partial charge in [-0.15, -0.1) is 0 Å². The minimum atomic E-state index is -0.701. The highest BCUT2D eigenvalue weighted by molar-refractivity contribution is 5.93. The summed E-state index contributed by atoms with van der Waals surface area (Å²) in [6.45, 7) is 5.69. The number of rotatable bonds is 7. The summed E-state index contributed by atoms with van der Waals surface area (Å²) >= 11 is 0. The van der Waals surface area contributed by atoms with Crippen molar-refractivity contribution >= 4 is 5.97 Å². The molecule has 0 spiro atoms. The van der Waals surface area contributed by atoms with Crippen LogP contribution in [0.15, 0.2) is 24.0 Å². The molecule has 0 amide bonds. The average molecular weight is 224 g/mol. The van der Waals surface area contributed by atoms with Gasteiger partial charge in [-0.3, -0.25) is 0 Å². The summed E-state index contributed by atoms with van der Waals surface area (Å²) in [7, 11) is 0. The fourth-order valence-electron chi connectivity index (χ4n) is 1.77. The van der Waals surface area contributed by atoms with Crippen LogP contribution in [0.2, 0.25) is 0 Å². The van der Waals surface area contributed by atoms with E-state index in [4.69, 9.17) is 4.74 Å². The molecule has 16 heavy (non-hydrogen) atoms. The van der Waals surface area contributed by atoms with Gasteiger partial charge in [-0.2, -0.15) is 0 Å². The van der Waals surface area contributed by atoms with Crippen LogP contribution in [0, 0.1) is 0 Å². The highest BCUT2D eigenvalue weighted by Gasteiger charge is 2.25. The number of allylic oxidation sites excluding steroid dienone is 1. The van der Waals surface area contributed by atoms with Gasteiger partial charge >= 0.3 is 5.97 Å². The molecule has 0 radical (unpaired) electrons. The molecule has 0 aromatic heterocycles. The third kappa shape index (κ3) is 3.81. The summed E-state index contributed by atoms with van der Waals surface area (Å²) in [4.78, 5) is 11.2. The number of hydrogen-bond donors (Lipinski definition) is 1. The number of hydrogen-bond acceptors (Lipinski definition) is 3. The number of aliphatic hydroxyl groups is 1. The zero-order valence-electron chi connectivity index (χ0n) is 9.87. The summed E-state index contributed by atoms with van der Waals surface area (Å²) in [6.07, 6.45) is 7.13. The maximum atomic E-state index is 11.2. The van der Waals surface area contributed by atoms with Gasteiger partial charge in [0, 0.05) is 0 Å². The molecule has 0 aliphatic carbocycles. The van der Waals surface area contributed by atoms with Gasteiger partial charge in [-0.25, -0.2) is 4.79 Å². The lowest BCUT2D eigenvalue weighted by atomic mass is 10.0. The highest BCUT2D eigenvalue weighted by Crippen LogP contribution is 2.21. The summed E-state index contributed by atoms with van der Waals surface area (Å²) in [5, 5.41) is 9.78. The molecular weight excluding hydrogens is 204 g/mol. The molecule has 0 saturated heterocycles. The van der Waals surface area contributed by atoms with Crippen LogP contribution in [0.3, 0.4) is 0 Å². The number of carbonyl (C=O) groups is 1. The topological polar surface area (TPSA) is 46.5 Å². The highest BCUT2D eigenvalue weighted by atomic mass is 16.5. The minimum absolute atomic E-state index is 0.324. The predicted octanol–water partition coefficient (Wildman–Crippen LogP) is 2.70. The number of esters is 1. The number of cyclic esters (lactones) is 1. The Hall–Kier alpha value is -1.09. The second-order valence-corrected chi connectivity index (χ2v) is 4.17. The van der Waals surface area contributed by atoms with E-state index in [2.05, 4.69) is 13.5 Å². The van der Waals surface area contributed by atoms with Crippen molar-refractivity contribution in [2.24, 2.45) is 0 Å². The van der Waals surface area contributed by atoms with Crippen molar-refractivity contribution < 1.29 is 14.6 Å². The number of unbranched alkanes of at least 4 members (excludes halogenated alkanes) is 4. The Morgan fingerprint density at radius 3 is 2.62 bits per heavy atom. The van der Waals surface area contributed by atoms with Crippen molar-refractivity contribution in [3.63, 3.8) is 0 Å². The van der Waals surface area contributed by atoms with E-state index in [9.17, 15) is 9.90 Å². The first-order chi connectivity index (χ1) is 7.65. The van der Waals surface area contributed by atoms with Gasteiger partial charge in [0.15, 0.2) is 0 Å². The fourth-order valence-corrected chi connectivity index (χ4v) is 1.77. The molecule has 1 N–H and O–H groups in total. The summed E-state index contributed by atoms with van der Waals surface area (Å²) < 4.78 is 4.75. The molecule has 0 aromatic rings. The molecule has 1 rings (SSSR count). The van der Waals surface area contributed by atoms with Crippen molar-refractivity contribution in [3.05, 3.63) is 24.0 Å². The SMILES string of the molecule is C=C1C=C([C@@H](O)CCCCCCC)C(=O)O1. The second-order valence-electron chi connectivity index (χ2n) is 4.17. The Labute approximate surface area is 96.8 Å². The molecule has 1 atom stereocenters. The number of aliphatic hydroxyl groups excluding tert-OH is 1. The lowest BCUT2D eigenvalue weighted by Gasteiger charge is -2.08. The van der Waals surface area contributed by atoms with E-state index in [1.807, 2.05) is 0 Å². The van der Waals surface area contributed by atoms with E-state index in [-0.39, 0.29) is 0 Å². The van der Waals surface area contributed by atoms with Crippen molar-refractivity contribution in [2.45, 2.75) is 51.6 Å². The third-order valence-corrected chi connectivity index (χ3v) is 2.72. The molecule has 3 heteroatoms. The van der Waals surface area contributed by atoms with Crippen LogP contribution in [0.1, 0.15) is 45.4 Å². The maximum absolute atomic E-state index is 11.2. The van der Waals surface area contributed by atoms with Gasteiger partial charge in [-0.05, 0) is 12.5 Å². The quantitative estimate of drug-likeness (QED) is 0.534.